The summed E-state index contributed by atoms with van der Waals surface area (Å²) in [6.07, 6.45) is 0. The molecule has 0 saturated carbocycles. The van der Waals surface area contributed by atoms with Gasteiger partial charge in [0.05, 0.1) is 12.2 Å². The number of hydrogen-bond donors (Lipinski definition) is 1. The van der Waals surface area contributed by atoms with Gasteiger partial charge in [-0.1, -0.05) is 30.3 Å². The van der Waals surface area contributed by atoms with Crippen molar-refractivity contribution < 1.29 is 28.6 Å². The standard InChI is InChI=1S/C19H21NO6S/c1-4-25-18(22)15-12(2)16(27-17(15)20-14(21)11-24-3)19(23)26-10-13-8-6-5-7-9-13/h5-9H,4,10-11H2,1-3H3,(H,20,21). The number of methoxy groups -OCH3 is 1. The molecule has 1 amide bonds. The van der Waals surface area contributed by atoms with Gasteiger partial charge in [-0.15, -0.1) is 11.3 Å². The quantitative estimate of drug-likeness (QED) is 0.695. The van der Waals surface area contributed by atoms with E-state index < -0.39 is 17.8 Å². The van der Waals surface area contributed by atoms with E-state index >= 15 is 0 Å². The van der Waals surface area contributed by atoms with E-state index in [1.54, 1.807) is 13.8 Å². The van der Waals surface area contributed by atoms with E-state index in [2.05, 4.69) is 5.32 Å². The summed E-state index contributed by atoms with van der Waals surface area (Å²) in [4.78, 5) is 36.9. The summed E-state index contributed by atoms with van der Waals surface area (Å²) in [6, 6.07) is 9.25. The van der Waals surface area contributed by atoms with E-state index in [4.69, 9.17) is 14.2 Å². The highest BCUT2D eigenvalue weighted by atomic mass is 32.1. The normalized spacial score (nSPS) is 10.3. The molecule has 1 heterocycles. The molecule has 2 rings (SSSR count). The summed E-state index contributed by atoms with van der Waals surface area (Å²) in [6.45, 7) is 3.41. The molecule has 1 N–H and O–H groups in total. The first-order valence-electron chi connectivity index (χ1n) is 8.28. The van der Waals surface area contributed by atoms with Crippen molar-refractivity contribution in [1.82, 2.24) is 0 Å². The lowest BCUT2D eigenvalue weighted by molar-refractivity contribution is -0.119. The van der Waals surface area contributed by atoms with Crippen LogP contribution < -0.4 is 5.32 Å². The maximum Gasteiger partial charge on any atom is 0.349 e. The van der Waals surface area contributed by atoms with E-state index in [1.807, 2.05) is 30.3 Å². The molecule has 0 bridgehead atoms. The molecule has 1 aromatic heterocycles. The van der Waals surface area contributed by atoms with Gasteiger partial charge in [-0.3, -0.25) is 4.79 Å². The SMILES string of the molecule is CCOC(=O)c1c(NC(=O)COC)sc(C(=O)OCc2ccccc2)c1C. The highest BCUT2D eigenvalue weighted by molar-refractivity contribution is 7.18. The van der Waals surface area contributed by atoms with Gasteiger partial charge in [-0.25, -0.2) is 9.59 Å². The van der Waals surface area contributed by atoms with Gasteiger partial charge in [0.2, 0.25) is 0 Å². The number of benzene rings is 1. The number of amides is 1. The lowest BCUT2D eigenvalue weighted by atomic mass is 10.1. The van der Waals surface area contributed by atoms with Crippen LogP contribution in [0.3, 0.4) is 0 Å². The van der Waals surface area contributed by atoms with Crippen LogP contribution in [0.25, 0.3) is 0 Å². The summed E-state index contributed by atoms with van der Waals surface area (Å²) in [5.74, 6) is -1.62. The zero-order valence-electron chi connectivity index (χ0n) is 15.4. The third kappa shape index (κ3) is 5.38. The van der Waals surface area contributed by atoms with Crippen LogP contribution in [0, 0.1) is 6.92 Å². The van der Waals surface area contributed by atoms with Crippen molar-refractivity contribution in [2.75, 3.05) is 25.6 Å². The van der Waals surface area contributed by atoms with Gasteiger partial charge in [-0.2, -0.15) is 0 Å². The van der Waals surface area contributed by atoms with Crippen molar-refractivity contribution >= 4 is 34.2 Å². The van der Waals surface area contributed by atoms with Crippen LogP contribution in [0.5, 0.6) is 0 Å². The zero-order valence-corrected chi connectivity index (χ0v) is 16.2. The van der Waals surface area contributed by atoms with Gasteiger partial charge >= 0.3 is 11.9 Å². The number of rotatable bonds is 8. The van der Waals surface area contributed by atoms with Crippen LogP contribution in [-0.4, -0.2) is 38.2 Å². The molecule has 144 valence electrons. The summed E-state index contributed by atoms with van der Waals surface area (Å²) in [5.41, 5.74) is 1.40. The summed E-state index contributed by atoms with van der Waals surface area (Å²) in [5, 5.41) is 2.82. The molecule has 0 aliphatic heterocycles. The molecule has 0 spiro atoms. The monoisotopic (exact) mass is 391 g/mol. The Morgan fingerprint density at radius 3 is 2.41 bits per heavy atom. The average molecular weight is 391 g/mol. The Morgan fingerprint density at radius 2 is 1.78 bits per heavy atom. The number of carbonyl (C=O) groups is 3. The second-order valence-corrected chi connectivity index (χ2v) is 6.54. The van der Waals surface area contributed by atoms with Gasteiger partial charge < -0.3 is 19.5 Å². The second-order valence-electron chi connectivity index (χ2n) is 5.52. The predicted molar refractivity (Wildman–Crippen MR) is 101 cm³/mol. The molecule has 7 nitrogen and oxygen atoms in total. The van der Waals surface area contributed by atoms with Crippen molar-refractivity contribution in [3.05, 3.63) is 51.9 Å². The third-order valence-electron chi connectivity index (χ3n) is 3.55. The van der Waals surface area contributed by atoms with Gasteiger partial charge in [0.25, 0.3) is 5.91 Å². The molecular weight excluding hydrogens is 370 g/mol. The maximum atomic E-state index is 12.5. The largest absolute Gasteiger partial charge is 0.462 e. The Kier molecular flexibility index (Phi) is 7.51. The fourth-order valence-electron chi connectivity index (χ4n) is 2.33. The minimum absolute atomic E-state index is 0.108. The van der Waals surface area contributed by atoms with Crippen molar-refractivity contribution in [3.63, 3.8) is 0 Å². The van der Waals surface area contributed by atoms with E-state index in [0.717, 1.165) is 16.9 Å². The first-order valence-corrected chi connectivity index (χ1v) is 9.09. The molecule has 2 aromatic rings. The number of anilines is 1. The molecule has 8 heteroatoms. The van der Waals surface area contributed by atoms with E-state index in [-0.39, 0.29) is 35.3 Å². The van der Waals surface area contributed by atoms with Gasteiger partial charge in [0.15, 0.2) is 0 Å². The fraction of sp³-hybridized carbons (Fsp3) is 0.316. The molecular formula is C19H21NO6S. The summed E-state index contributed by atoms with van der Waals surface area (Å²) >= 11 is 0.975. The van der Waals surface area contributed by atoms with Crippen molar-refractivity contribution in [1.29, 1.82) is 0 Å². The maximum absolute atomic E-state index is 12.5. The minimum atomic E-state index is -0.610. The third-order valence-corrected chi connectivity index (χ3v) is 4.74. The van der Waals surface area contributed by atoms with Crippen molar-refractivity contribution in [2.45, 2.75) is 20.5 Å². The van der Waals surface area contributed by atoms with Crippen LogP contribution in [0.2, 0.25) is 0 Å². The Labute approximate surface area is 161 Å². The molecule has 0 radical (unpaired) electrons. The Bertz CT molecular complexity index is 815. The van der Waals surface area contributed by atoms with Gasteiger partial charge in [0.1, 0.15) is 23.1 Å². The molecule has 0 fully saturated rings. The number of thiophene rings is 1. The Hall–Kier alpha value is -2.71. The van der Waals surface area contributed by atoms with E-state index in [0.29, 0.717) is 5.56 Å². The molecule has 0 aliphatic carbocycles. The van der Waals surface area contributed by atoms with Crippen LogP contribution in [-0.2, 0) is 25.6 Å². The number of hydrogen-bond acceptors (Lipinski definition) is 7. The first-order chi connectivity index (χ1) is 13.0. The first kappa shape index (κ1) is 20.6. The van der Waals surface area contributed by atoms with Crippen LogP contribution in [0.4, 0.5) is 5.00 Å². The Balaban J connectivity index is 2.25. The molecule has 1 aromatic carbocycles. The molecule has 0 unspecified atom stereocenters. The number of nitrogens with one attached hydrogen (secondary N) is 1. The second kappa shape index (κ2) is 9.84. The van der Waals surface area contributed by atoms with Crippen LogP contribution in [0.1, 0.15) is 38.1 Å². The number of carbonyl (C=O) groups excluding carboxylic acids is 3. The summed E-state index contributed by atoms with van der Waals surface area (Å²) < 4.78 is 15.2. The van der Waals surface area contributed by atoms with Crippen LogP contribution in [0.15, 0.2) is 30.3 Å². The minimum Gasteiger partial charge on any atom is -0.462 e. The van der Waals surface area contributed by atoms with E-state index in [1.165, 1.54) is 7.11 Å². The highest BCUT2D eigenvalue weighted by Crippen LogP contribution is 2.34. The predicted octanol–water partition coefficient (Wildman–Crippen LogP) is 3.18. The summed E-state index contributed by atoms with van der Waals surface area (Å²) in [7, 11) is 1.39. The average Bonchev–Trinajstić information content (AvgIpc) is 2.97. The Morgan fingerprint density at radius 1 is 1.07 bits per heavy atom. The number of esters is 2. The number of ether oxygens (including phenoxy) is 3. The topological polar surface area (TPSA) is 90.9 Å². The zero-order chi connectivity index (χ0) is 19.8. The van der Waals surface area contributed by atoms with Gasteiger partial charge in [0, 0.05) is 7.11 Å². The van der Waals surface area contributed by atoms with Crippen molar-refractivity contribution in [2.24, 2.45) is 0 Å². The fourth-order valence-corrected chi connectivity index (χ4v) is 3.43. The lowest BCUT2D eigenvalue weighted by Gasteiger charge is -2.06. The van der Waals surface area contributed by atoms with Gasteiger partial charge in [-0.05, 0) is 25.0 Å². The van der Waals surface area contributed by atoms with Crippen LogP contribution >= 0.6 is 11.3 Å². The van der Waals surface area contributed by atoms with Crippen molar-refractivity contribution in [3.8, 4) is 0 Å². The lowest BCUT2D eigenvalue weighted by Crippen LogP contribution is -2.18. The molecule has 0 aliphatic rings. The molecule has 0 saturated heterocycles. The molecule has 0 atom stereocenters. The smallest absolute Gasteiger partial charge is 0.349 e. The highest BCUT2D eigenvalue weighted by Gasteiger charge is 2.27. The van der Waals surface area contributed by atoms with E-state index in [9.17, 15) is 14.4 Å². The molecule has 27 heavy (non-hydrogen) atoms.